The molecule has 2 unspecified atom stereocenters. The Bertz CT molecular complexity index is 1150. The summed E-state index contributed by atoms with van der Waals surface area (Å²) in [7, 11) is 0. The zero-order chi connectivity index (χ0) is 26.5. The van der Waals surface area contributed by atoms with Crippen molar-refractivity contribution in [2.75, 3.05) is 13.1 Å². The van der Waals surface area contributed by atoms with Crippen LogP contribution in [-0.4, -0.2) is 56.3 Å². The quantitative estimate of drug-likeness (QED) is 0.188. The first-order valence-corrected chi connectivity index (χ1v) is 15.2. The number of aliphatic imine (C=N–C) groups is 1. The lowest BCUT2D eigenvalue weighted by atomic mass is 10.0. The third-order valence-corrected chi connectivity index (χ3v) is 8.65. The number of halogens is 2. The van der Waals surface area contributed by atoms with Gasteiger partial charge in [-0.05, 0) is 53.9 Å². The second-order valence-electron chi connectivity index (χ2n) is 9.90. The van der Waals surface area contributed by atoms with E-state index in [4.69, 9.17) is 4.99 Å². The zero-order valence-corrected chi connectivity index (χ0v) is 25.1. The lowest BCUT2D eigenvalue weighted by Crippen LogP contribution is -2.35. The fraction of sp³-hybridized carbons (Fsp3) is 0.517. The van der Waals surface area contributed by atoms with Crippen molar-refractivity contribution in [3.63, 3.8) is 0 Å². The molecule has 2 atom stereocenters. The summed E-state index contributed by atoms with van der Waals surface area (Å²) in [5.74, 6) is -0.231. The Morgan fingerprint density at radius 3 is 2.00 bits per heavy atom. The van der Waals surface area contributed by atoms with Crippen molar-refractivity contribution < 1.29 is 9.59 Å². The van der Waals surface area contributed by atoms with Crippen LogP contribution in [0.5, 0.6) is 0 Å². The first-order valence-electron chi connectivity index (χ1n) is 13.5. The van der Waals surface area contributed by atoms with Gasteiger partial charge in [-0.1, -0.05) is 74.4 Å². The van der Waals surface area contributed by atoms with Crippen molar-refractivity contribution in [1.29, 1.82) is 0 Å². The molecule has 0 aliphatic carbocycles. The van der Waals surface area contributed by atoms with Crippen LogP contribution in [0.25, 0.3) is 5.70 Å². The van der Waals surface area contributed by atoms with Crippen molar-refractivity contribution in [2.45, 2.75) is 83.0 Å². The molecule has 8 heteroatoms. The lowest BCUT2D eigenvalue weighted by Gasteiger charge is -2.26. The van der Waals surface area contributed by atoms with Crippen LogP contribution in [0, 0.1) is 0 Å². The average molecular weight is 632 g/mol. The molecule has 0 aromatic carbocycles. The van der Waals surface area contributed by atoms with E-state index in [1.54, 1.807) is 16.0 Å². The molecule has 0 spiro atoms. The summed E-state index contributed by atoms with van der Waals surface area (Å²) in [4.78, 5) is 41.4. The number of dihydropyridines is 1. The maximum absolute atomic E-state index is 14.1. The second kappa shape index (κ2) is 12.7. The standard InChI is InChI=1S/C29H36Br2N4O2/c1-4-6-8-10-16-34-26(22-14-12-20(30)18-32-22)24-25(29(34)37)27(23-15-13-21(31)19(3)33-23)35(28(24)36)17-11-9-7-5-2/h12-15,18-19,21H,4-11,16-17H2,1-3H3. The molecule has 4 rings (SSSR count). The maximum Gasteiger partial charge on any atom is 0.261 e. The molecular formula is C29H36Br2N4O2. The van der Waals surface area contributed by atoms with Crippen molar-refractivity contribution in [1.82, 2.24) is 14.8 Å². The van der Waals surface area contributed by atoms with E-state index in [9.17, 15) is 9.59 Å². The molecule has 0 saturated carbocycles. The highest BCUT2D eigenvalue weighted by atomic mass is 79.9. The fourth-order valence-corrected chi connectivity index (χ4v) is 5.59. The molecule has 6 nitrogen and oxygen atoms in total. The van der Waals surface area contributed by atoms with Crippen molar-refractivity contribution in [3.05, 3.63) is 57.5 Å². The second-order valence-corrected chi connectivity index (χ2v) is 11.9. The lowest BCUT2D eigenvalue weighted by molar-refractivity contribution is -0.124. The normalized spacial score (nSPS) is 21.5. The van der Waals surface area contributed by atoms with Crippen molar-refractivity contribution in [2.24, 2.45) is 4.99 Å². The molecule has 37 heavy (non-hydrogen) atoms. The van der Waals surface area contributed by atoms with E-state index in [-0.39, 0.29) is 22.7 Å². The summed E-state index contributed by atoms with van der Waals surface area (Å²) in [5, 5.41) is 0. The monoisotopic (exact) mass is 630 g/mol. The third kappa shape index (κ3) is 5.85. The highest BCUT2D eigenvalue weighted by molar-refractivity contribution is 9.10. The minimum Gasteiger partial charge on any atom is -0.305 e. The van der Waals surface area contributed by atoms with E-state index in [0.29, 0.717) is 47.0 Å². The molecule has 1 aromatic rings. The molecule has 0 fully saturated rings. The summed E-state index contributed by atoms with van der Waals surface area (Å²) < 4.78 is 0.854. The molecule has 198 valence electrons. The number of carbonyl (C=O) groups excluding carboxylic acids is 2. The van der Waals surface area contributed by atoms with Crippen molar-refractivity contribution >= 4 is 55.1 Å². The van der Waals surface area contributed by atoms with Gasteiger partial charge in [-0.25, -0.2) is 0 Å². The van der Waals surface area contributed by atoms with E-state index < -0.39 is 0 Å². The minimum absolute atomic E-state index is 0.00688. The van der Waals surface area contributed by atoms with Crippen LogP contribution in [0.3, 0.4) is 0 Å². The van der Waals surface area contributed by atoms with Gasteiger partial charge in [-0.2, -0.15) is 0 Å². The van der Waals surface area contributed by atoms with Crippen molar-refractivity contribution in [3.8, 4) is 0 Å². The average Bonchev–Trinajstić information content (AvgIpc) is 3.33. The first kappa shape index (κ1) is 28.0. The summed E-state index contributed by atoms with van der Waals surface area (Å²) in [6.45, 7) is 7.53. The zero-order valence-electron chi connectivity index (χ0n) is 22.0. The van der Waals surface area contributed by atoms with Crippen LogP contribution < -0.4 is 0 Å². The molecule has 2 amide bonds. The number of unbranched alkanes of at least 4 members (excludes halogenated alkanes) is 6. The Labute approximate surface area is 237 Å². The topological polar surface area (TPSA) is 65.9 Å². The summed E-state index contributed by atoms with van der Waals surface area (Å²) in [6.07, 6.45) is 14.1. The molecule has 0 radical (unpaired) electrons. The van der Waals surface area contributed by atoms with Crippen LogP contribution in [0.1, 0.15) is 77.8 Å². The number of alkyl halides is 1. The van der Waals surface area contributed by atoms with Gasteiger partial charge in [0.2, 0.25) is 0 Å². The number of aromatic nitrogens is 1. The van der Waals surface area contributed by atoms with E-state index >= 15 is 0 Å². The van der Waals surface area contributed by atoms with E-state index in [0.717, 1.165) is 55.8 Å². The summed E-state index contributed by atoms with van der Waals surface area (Å²) in [5.41, 5.74) is 3.61. The molecule has 3 aliphatic heterocycles. The van der Waals surface area contributed by atoms with E-state index in [1.807, 2.05) is 25.1 Å². The van der Waals surface area contributed by atoms with E-state index in [1.165, 1.54) is 0 Å². The van der Waals surface area contributed by atoms with Gasteiger partial charge in [-0.15, -0.1) is 0 Å². The number of allylic oxidation sites excluding steroid dienone is 1. The van der Waals surface area contributed by atoms with Crippen LogP contribution in [0.2, 0.25) is 0 Å². The van der Waals surface area contributed by atoms with Crippen LogP contribution in [0.4, 0.5) is 0 Å². The highest BCUT2D eigenvalue weighted by Crippen LogP contribution is 2.44. The molecule has 4 heterocycles. The van der Waals surface area contributed by atoms with Gasteiger partial charge in [0.05, 0.1) is 44.8 Å². The Balaban J connectivity index is 1.83. The number of nitrogens with zero attached hydrogens (tertiary/aromatic N) is 4. The number of rotatable bonds is 12. The molecule has 3 aliphatic rings. The third-order valence-electron chi connectivity index (χ3n) is 7.11. The van der Waals surface area contributed by atoms with Crippen LogP contribution in [-0.2, 0) is 9.59 Å². The van der Waals surface area contributed by atoms with Crippen LogP contribution >= 0.6 is 31.9 Å². The van der Waals surface area contributed by atoms with Gasteiger partial charge in [0.1, 0.15) is 0 Å². The largest absolute Gasteiger partial charge is 0.305 e. The Hall–Kier alpha value is -2.06. The van der Waals surface area contributed by atoms with Gasteiger partial charge in [0, 0.05) is 23.8 Å². The number of hydrogen-bond acceptors (Lipinski definition) is 4. The first-order chi connectivity index (χ1) is 17.9. The predicted octanol–water partition coefficient (Wildman–Crippen LogP) is 6.82. The molecule has 0 N–H and O–H groups in total. The number of fused-ring (bicyclic) bond motifs is 1. The molecule has 0 bridgehead atoms. The fourth-order valence-electron chi connectivity index (χ4n) is 5.08. The number of pyridine rings is 1. The van der Waals surface area contributed by atoms with Gasteiger partial charge < -0.3 is 9.80 Å². The number of amides is 2. The van der Waals surface area contributed by atoms with Gasteiger partial charge in [0.25, 0.3) is 11.8 Å². The highest BCUT2D eigenvalue weighted by Gasteiger charge is 2.49. The summed E-state index contributed by atoms with van der Waals surface area (Å²) in [6, 6.07) is 3.80. The Morgan fingerprint density at radius 1 is 0.865 bits per heavy atom. The Morgan fingerprint density at radius 2 is 1.46 bits per heavy atom. The predicted molar refractivity (Wildman–Crippen MR) is 156 cm³/mol. The smallest absolute Gasteiger partial charge is 0.261 e. The number of carbonyl (C=O) groups is 2. The molecule has 1 aromatic heterocycles. The van der Waals surface area contributed by atoms with E-state index in [2.05, 4.69) is 56.8 Å². The maximum atomic E-state index is 14.1. The van der Waals surface area contributed by atoms with Gasteiger partial charge in [-0.3, -0.25) is 19.6 Å². The van der Waals surface area contributed by atoms with Crippen LogP contribution in [0.15, 0.2) is 56.8 Å². The Kier molecular flexibility index (Phi) is 9.57. The molecule has 0 saturated heterocycles. The van der Waals surface area contributed by atoms with Gasteiger partial charge in [0.15, 0.2) is 0 Å². The minimum atomic E-state index is -0.115. The van der Waals surface area contributed by atoms with Gasteiger partial charge >= 0.3 is 0 Å². The number of hydrogen-bond donors (Lipinski definition) is 0. The SMILES string of the molecule is CCCCCCN1C(=O)C2=C(c3ccc(Br)cn3)N(CCCCCC)C(=O)C2=C1C1=NC(C)C(Br)C=C1. The molecular weight excluding hydrogens is 596 g/mol. The summed E-state index contributed by atoms with van der Waals surface area (Å²) >= 11 is 7.11.